The molecule has 3 aromatic rings. The summed E-state index contributed by atoms with van der Waals surface area (Å²) >= 11 is 0. The Morgan fingerprint density at radius 1 is 1.15 bits per heavy atom. The monoisotopic (exact) mass is 461 g/mol. The van der Waals surface area contributed by atoms with Crippen molar-refractivity contribution >= 4 is 10.9 Å². The Bertz CT molecular complexity index is 1270. The van der Waals surface area contributed by atoms with Crippen LogP contribution in [0.1, 0.15) is 55.2 Å². The summed E-state index contributed by atoms with van der Waals surface area (Å²) in [5, 5.41) is 0.492. The van der Waals surface area contributed by atoms with Crippen molar-refractivity contribution < 1.29 is 26.9 Å². The number of H-pyrrole nitrogens is 1. The second-order valence-corrected chi connectivity index (χ2v) is 9.30. The lowest BCUT2D eigenvalue weighted by molar-refractivity contribution is -0.698. The van der Waals surface area contributed by atoms with E-state index in [-0.39, 0.29) is 24.0 Å². The van der Waals surface area contributed by atoms with Crippen molar-refractivity contribution in [3.05, 3.63) is 69.8 Å². The highest BCUT2D eigenvalue weighted by molar-refractivity contribution is 5.76. The van der Waals surface area contributed by atoms with Gasteiger partial charge in [-0.15, -0.1) is 0 Å². The van der Waals surface area contributed by atoms with Crippen LogP contribution in [0.5, 0.6) is 5.75 Å². The minimum atomic E-state index is -2.93. The molecule has 2 aromatic heterocycles. The highest BCUT2D eigenvalue weighted by atomic mass is 19.3. The van der Waals surface area contributed by atoms with E-state index in [9.17, 15) is 22.4 Å². The predicted molar refractivity (Wildman–Crippen MR) is 115 cm³/mol. The zero-order chi connectivity index (χ0) is 23.3. The number of aromatic amines is 1. The number of alkyl halides is 2. The first kappa shape index (κ1) is 21.9. The highest BCUT2D eigenvalue weighted by Gasteiger charge is 2.44. The normalized spacial score (nSPS) is 22.5. The smallest absolute Gasteiger partial charge is 0.248 e. The third-order valence-electron chi connectivity index (χ3n) is 6.92. The number of rotatable bonds is 5. The van der Waals surface area contributed by atoms with Crippen LogP contribution in [0, 0.1) is 17.6 Å². The minimum absolute atomic E-state index is 0.0509. The van der Waals surface area contributed by atoms with Gasteiger partial charge in [-0.2, -0.15) is 4.39 Å². The summed E-state index contributed by atoms with van der Waals surface area (Å²) in [6.45, 7) is 0.851. The van der Waals surface area contributed by atoms with Gasteiger partial charge in [0, 0.05) is 48.1 Å². The van der Waals surface area contributed by atoms with Crippen molar-refractivity contribution in [3.8, 4) is 5.75 Å². The number of fused-ring (bicyclic) bond motifs is 1. The molecule has 4 nitrogen and oxygen atoms in total. The Labute approximate surface area is 188 Å². The highest BCUT2D eigenvalue weighted by Crippen LogP contribution is 2.51. The first-order valence-electron chi connectivity index (χ1n) is 11.2. The second-order valence-electron chi connectivity index (χ2n) is 9.30. The van der Waals surface area contributed by atoms with Crippen LogP contribution in [-0.2, 0) is 6.54 Å². The van der Waals surface area contributed by atoms with Gasteiger partial charge in [0.05, 0.1) is 12.6 Å². The van der Waals surface area contributed by atoms with Crippen LogP contribution < -0.4 is 14.7 Å². The van der Waals surface area contributed by atoms with Crippen molar-refractivity contribution in [1.82, 2.24) is 4.98 Å². The Morgan fingerprint density at radius 3 is 2.67 bits per heavy atom. The number of nitrogens with zero attached hydrogens (tertiary/aromatic N) is 1. The Balaban J connectivity index is 1.58. The van der Waals surface area contributed by atoms with Crippen LogP contribution in [0.2, 0.25) is 0 Å². The van der Waals surface area contributed by atoms with Gasteiger partial charge in [-0.25, -0.2) is 17.7 Å². The third-order valence-corrected chi connectivity index (χ3v) is 6.92. The average molecular weight is 461 g/mol. The zero-order valence-corrected chi connectivity index (χ0v) is 18.2. The van der Waals surface area contributed by atoms with Crippen molar-refractivity contribution in [2.45, 2.75) is 56.4 Å². The van der Waals surface area contributed by atoms with Gasteiger partial charge in [0.15, 0.2) is 35.9 Å². The van der Waals surface area contributed by atoms with Gasteiger partial charge in [0.25, 0.3) is 0 Å². The molecular weight excluding hydrogens is 436 g/mol. The molecule has 1 N–H and O–H groups in total. The third kappa shape index (κ3) is 4.23. The summed E-state index contributed by atoms with van der Waals surface area (Å²) in [5.74, 6) is -6.12. The van der Waals surface area contributed by atoms with Gasteiger partial charge in [-0.3, -0.25) is 4.79 Å². The topological polar surface area (TPSA) is 46.0 Å². The van der Waals surface area contributed by atoms with Gasteiger partial charge < -0.3 is 9.72 Å². The largest absolute Gasteiger partial charge is 0.493 e. The standard InChI is InChI=1S/C25H24F4N2O2/c1-33-24-16(4-5-19(26)23(24)27)15-6-8-25(28,29)11-17(15)21-10-22(32)18-13-31(12-14-2-3-14)9-7-20(18)30-21/h4-5,7,9-10,13-15,17H,2-3,6,8,11-12H2,1H3/p+1/t15-,17?/m0/s1. The van der Waals surface area contributed by atoms with Crippen LogP contribution in [0.15, 0.2) is 41.5 Å². The van der Waals surface area contributed by atoms with E-state index in [4.69, 9.17) is 4.74 Å². The first-order chi connectivity index (χ1) is 15.8. The van der Waals surface area contributed by atoms with Crippen LogP contribution in [-0.4, -0.2) is 18.0 Å². The lowest BCUT2D eigenvalue weighted by Gasteiger charge is -2.37. The van der Waals surface area contributed by atoms with Crippen molar-refractivity contribution in [1.29, 1.82) is 0 Å². The molecule has 5 rings (SSSR count). The number of ether oxygens (including phenoxy) is 1. The van der Waals surface area contributed by atoms with E-state index in [1.165, 1.54) is 32.1 Å². The molecule has 0 spiro atoms. The number of hydrogen-bond acceptors (Lipinski definition) is 2. The maximum Gasteiger partial charge on any atom is 0.248 e. The van der Waals surface area contributed by atoms with Gasteiger partial charge in [0.2, 0.25) is 11.7 Å². The average Bonchev–Trinajstić information content (AvgIpc) is 3.59. The van der Waals surface area contributed by atoms with Gasteiger partial charge in [-0.1, -0.05) is 6.07 Å². The van der Waals surface area contributed by atoms with Crippen LogP contribution >= 0.6 is 0 Å². The molecule has 2 aliphatic carbocycles. The summed E-state index contributed by atoms with van der Waals surface area (Å²) in [4.78, 5) is 16.1. The number of methoxy groups -OCH3 is 1. The van der Waals surface area contributed by atoms with E-state index in [1.807, 2.05) is 10.8 Å². The molecule has 0 bridgehead atoms. The fraction of sp³-hybridized carbons (Fsp3) is 0.440. The van der Waals surface area contributed by atoms with Crippen molar-refractivity contribution in [3.63, 3.8) is 0 Å². The lowest BCUT2D eigenvalue weighted by atomic mass is 9.72. The molecule has 2 atom stereocenters. The molecule has 0 radical (unpaired) electrons. The minimum Gasteiger partial charge on any atom is -0.493 e. The molecule has 0 saturated heterocycles. The number of pyridine rings is 2. The molecule has 2 aliphatic rings. The van der Waals surface area contributed by atoms with Gasteiger partial charge >= 0.3 is 0 Å². The Hall–Kier alpha value is -2.90. The Kier molecular flexibility index (Phi) is 5.41. The number of nitrogens with one attached hydrogen (secondary N) is 1. The molecule has 2 fully saturated rings. The molecule has 174 valence electrons. The number of aromatic nitrogens is 2. The van der Waals surface area contributed by atoms with Crippen molar-refractivity contribution in [2.24, 2.45) is 5.92 Å². The summed E-state index contributed by atoms with van der Waals surface area (Å²) < 4.78 is 64.2. The molecule has 2 saturated carbocycles. The van der Waals surface area contributed by atoms with Gasteiger partial charge in [-0.05, 0) is 31.2 Å². The second kappa shape index (κ2) is 8.15. The molecule has 33 heavy (non-hydrogen) atoms. The zero-order valence-electron chi connectivity index (χ0n) is 18.2. The summed E-state index contributed by atoms with van der Waals surface area (Å²) in [6, 6.07) is 5.53. The fourth-order valence-corrected chi connectivity index (χ4v) is 5.05. The van der Waals surface area contributed by atoms with Crippen LogP contribution in [0.25, 0.3) is 10.9 Å². The lowest BCUT2D eigenvalue weighted by Crippen LogP contribution is -2.35. The molecule has 0 aliphatic heterocycles. The van der Waals surface area contributed by atoms with E-state index in [1.54, 1.807) is 12.3 Å². The number of hydrogen-bond donors (Lipinski definition) is 1. The van der Waals surface area contributed by atoms with Crippen LogP contribution in [0.3, 0.4) is 0 Å². The van der Waals surface area contributed by atoms with Crippen LogP contribution in [0.4, 0.5) is 17.6 Å². The molecule has 2 heterocycles. The predicted octanol–water partition coefficient (Wildman–Crippen LogP) is 5.20. The molecular formula is C25H25F4N2O2+. The quantitative estimate of drug-likeness (QED) is 0.420. The maximum atomic E-state index is 14.5. The van der Waals surface area contributed by atoms with E-state index >= 15 is 0 Å². The molecule has 1 aromatic carbocycles. The molecule has 0 amide bonds. The summed E-state index contributed by atoms with van der Waals surface area (Å²) in [6.07, 6.45) is 5.21. The summed E-state index contributed by atoms with van der Waals surface area (Å²) in [5.41, 5.74) is 1.00. The SMILES string of the molecule is COc1c([C@@H]2CCC(F)(F)CC2c2cc(=O)c3c[n+](CC4CC4)ccc3[nH]2)ccc(F)c1F. The number of halogens is 4. The van der Waals surface area contributed by atoms with Gasteiger partial charge in [0.1, 0.15) is 5.39 Å². The van der Waals surface area contributed by atoms with E-state index in [0.717, 1.165) is 12.6 Å². The van der Waals surface area contributed by atoms with E-state index in [2.05, 4.69) is 4.98 Å². The molecule has 8 heteroatoms. The van der Waals surface area contributed by atoms with Crippen molar-refractivity contribution in [2.75, 3.05) is 7.11 Å². The number of benzene rings is 1. The van der Waals surface area contributed by atoms with E-state index < -0.39 is 35.8 Å². The maximum absolute atomic E-state index is 14.5. The summed E-state index contributed by atoms with van der Waals surface area (Å²) in [7, 11) is 1.22. The molecule has 1 unspecified atom stereocenters. The fourth-order valence-electron chi connectivity index (χ4n) is 5.05. The van der Waals surface area contributed by atoms with E-state index in [0.29, 0.717) is 28.1 Å². The first-order valence-corrected chi connectivity index (χ1v) is 11.2. The Morgan fingerprint density at radius 2 is 1.94 bits per heavy atom.